The van der Waals surface area contributed by atoms with E-state index in [1.165, 1.54) is 32.4 Å². The van der Waals surface area contributed by atoms with Gasteiger partial charge in [-0.05, 0) is 64.4 Å². The number of carbonyl (C=O) groups excluding carboxylic acids is 1. The Morgan fingerprint density at radius 1 is 1.03 bits per heavy atom. The Bertz CT molecular complexity index is 610. The van der Waals surface area contributed by atoms with Crippen LogP contribution in [0.3, 0.4) is 0 Å². The molecule has 0 atom stereocenters. The van der Waals surface area contributed by atoms with E-state index in [9.17, 15) is 4.79 Å². The first-order valence-electron chi connectivity index (χ1n) is 10.8. The van der Waals surface area contributed by atoms with Gasteiger partial charge in [0.1, 0.15) is 0 Å². The highest BCUT2D eigenvalue weighted by molar-refractivity contribution is 14.0. The van der Waals surface area contributed by atoms with E-state index < -0.39 is 0 Å². The minimum absolute atomic E-state index is 0. The first-order chi connectivity index (χ1) is 13.7. The molecule has 0 spiro atoms. The van der Waals surface area contributed by atoms with Crippen LogP contribution in [0.25, 0.3) is 0 Å². The summed E-state index contributed by atoms with van der Waals surface area (Å²) in [6.07, 6.45) is 4.01. The van der Waals surface area contributed by atoms with E-state index >= 15 is 0 Å². The molecule has 1 saturated heterocycles. The van der Waals surface area contributed by atoms with Gasteiger partial charge >= 0.3 is 0 Å². The monoisotopic (exact) mass is 515 g/mol. The number of likely N-dealkylation sites (tertiary alicyclic amines) is 1. The molecule has 1 aromatic carbocycles. The molecule has 0 unspecified atom stereocenters. The predicted octanol–water partition coefficient (Wildman–Crippen LogP) is 3.33. The molecule has 0 saturated carbocycles. The summed E-state index contributed by atoms with van der Waals surface area (Å²) in [5.41, 5.74) is 1.84. The average Bonchev–Trinajstić information content (AvgIpc) is 2.74. The molecule has 2 N–H and O–H groups in total. The molecule has 0 bridgehead atoms. The molecule has 2 rings (SSSR count). The fraction of sp³-hybridized carbons (Fsp3) is 0.636. The maximum absolute atomic E-state index is 12.4. The van der Waals surface area contributed by atoms with Crippen molar-refractivity contribution in [2.75, 3.05) is 45.8 Å². The van der Waals surface area contributed by atoms with E-state index in [1.807, 2.05) is 43.0 Å². The number of nitrogens with one attached hydrogen (secondary N) is 2. The molecule has 7 heteroatoms. The molecule has 1 heterocycles. The molecule has 1 aliphatic heterocycles. The fourth-order valence-corrected chi connectivity index (χ4v) is 3.47. The lowest BCUT2D eigenvalue weighted by Crippen LogP contribution is -2.42. The normalized spacial score (nSPS) is 14.8. The van der Waals surface area contributed by atoms with Gasteiger partial charge in [0, 0.05) is 38.3 Å². The van der Waals surface area contributed by atoms with E-state index in [0.29, 0.717) is 6.54 Å². The summed E-state index contributed by atoms with van der Waals surface area (Å²) in [6, 6.07) is 7.81. The molecule has 0 aliphatic carbocycles. The lowest BCUT2D eigenvalue weighted by Gasteiger charge is -2.26. The number of piperidine rings is 1. The molecule has 29 heavy (non-hydrogen) atoms. The number of nitrogens with zero attached hydrogens (tertiary/aromatic N) is 3. The maximum Gasteiger partial charge on any atom is 0.253 e. The number of hydrogen-bond acceptors (Lipinski definition) is 3. The lowest BCUT2D eigenvalue weighted by atomic mass is 10.1. The average molecular weight is 515 g/mol. The van der Waals surface area contributed by atoms with Crippen LogP contribution < -0.4 is 10.6 Å². The Morgan fingerprint density at radius 3 is 2.28 bits per heavy atom. The summed E-state index contributed by atoms with van der Waals surface area (Å²) in [5, 5.41) is 6.74. The van der Waals surface area contributed by atoms with Crippen LogP contribution in [0.5, 0.6) is 0 Å². The zero-order valence-electron chi connectivity index (χ0n) is 18.2. The minimum atomic E-state index is 0. The summed E-state index contributed by atoms with van der Waals surface area (Å²) in [5.74, 6) is 0.940. The van der Waals surface area contributed by atoms with Crippen LogP contribution in [0, 0.1) is 0 Å². The SMILES string of the molecule is CCNC(=NCc1ccc(C(=O)N(CC)CC)cc1)NCCN1CCCCC1.I. The number of benzene rings is 1. The molecule has 6 nitrogen and oxygen atoms in total. The number of carbonyl (C=O) groups is 1. The van der Waals surface area contributed by atoms with Crippen molar-refractivity contribution < 1.29 is 4.79 Å². The predicted molar refractivity (Wildman–Crippen MR) is 132 cm³/mol. The first kappa shape index (κ1) is 25.7. The molecule has 0 aromatic heterocycles. The number of hydrogen-bond donors (Lipinski definition) is 2. The van der Waals surface area contributed by atoms with Crippen molar-refractivity contribution in [3.8, 4) is 0 Å². The van der Waals surface area contributed by atoms with Gasteiger partial charge in [0.15, 0.2) is 5.96 Å². The Hall–Kier alpha value is -1.35. The second kappa shape index (κ2) is 14.6. The van der Waals surface area contributed by atoms with E-state index in [1.54, 1.807) is 0 Å². The lowest BCUT2D eigenvalue weighted by molar-refractivity contribution is 0.0773. The number of guanidine groups is 1. The molecule has 1 aromatic rings. The van der Waals surface area contributed by atoms with E-state index in [2.05, 4.69) is 27.4 Å². The van der Waals surface area contributed by atoms with Crippen LogP contribution in [0.1, 0.15) is 56.0 Å². The zero-order valence-corrected chi connectivity index (χ0v) is 20.6. The highest BCUT2D eigenvalue weighted by Crippen LogP contribution is 2.09. The molecular weight excluding hydrogens is 477 g/mol. The molecule has 164 valence electrons. The molecule has 1 aliphatic rings. The third-order valence-corrected chi connectivity index (χ3v) is 5.18. The van der Waals surface area contributed by atoms with Gasteiger partial charge in [-0.1, -0.05) is 18.6 Å². The van der Waals surface area contributed by atoms with Crippen molar-refractivity contribution in [3.05, 3.63) is 35.4 Å². The van der Waals surface area contributed by atoms with Crippen molar-refractivity contribution in [2.24, 2.45) is 4.99 Å². The second-order valence-corrected chi connectivity index (χ2v) is 7.20. The molecule has 0 radical (unpaired) electrons. The van der Waals surface area contributed by atoms with Crippen LogP contribution in [0.4, 0.5) is 0 Å². The Balaban J connectivity index is 0.00000420. The quantitative estimate of drug-likeness (QED) is 0.301. The fourth-order valence-electron chi connectivity index (χ4n) is 3.47. The number of rotatable bonds is 9. The van der Waals surface area contributed by atoms with Crippen molar-refractivity contribution in [3.63, 3.8) is 0 Å². The smallest absolute Gasteiger partial charge is 0.253 e. The Labute approximate surface area is 193 Å². The number of aliphatic imine (C=N–C) groups is 1. The van der Waals surface area contributed by atoms with Crippen LogP contribution in [0.15, 0.2) is 29.3 Å². The van der Waals surface area contributed by atoms with Crippen molar-refractivity contribution in [2.45, 2.75) is 46.6 Å². The van der Waals surface area contributed by atoms with Crippen LogP contribution >= 0.6 is 24.0 Å². The van der Waals surface area contributed by atoms with E-state index in [0.717, 1.165) is 49.8 Å². The Kier molecular flexibility index (Phi) is 12.9. The molecule has 1 fully saturated rings. The zero-order chi connectivity index (χ0) is 20.2. The Morgan fingerprint density at radius 2 is 1.69 bits per heavy atom. The molecular formula is C22H38IN5O. The first-order valence-corrected chi connectivity index (χ1v) is 10.8. The highest BCUT2D eigenvalue weighted by Gasteiger charge is 2.12. The second-order valence-electron chi connectivity index (χ2n) is 7.20. The summed E-state index contributed by atoms with van der Waals surface area (Å²) in [4.78, 5) is 21.4. The maximum atomic E-state index is 12.4. The summed E-state index contributed by atoms with van der Waals surface area (Å²) < 4.78 is 0. The van der Waals surface area contributed by atoms with Gasteiger partial charge in [-0.15, -0.1) is 24.0 Å². The molecule has 1 amide bonds. The van der Waals surface area contributed by atoms with Crippen LogP contribution in [-0.2, 0) is 6.54 Å². The third-order valence-electron chi connectivity index (χ3n) is 5.18. The van der Waals surface area contributed by atoms with Crippen LogP contribution in [0.2, 0.25) is 0 Å². The number of amides is 1. The van der Waals surface area contributed by atoms with Crippen molar-refractivity contribution >= 4 is 35.8 Å². The van der Waals surface area contributed by atoms with Gasteiger partial charge < -0.3 is 20.4 Å². The topological polar surface area (TPSA) is 60.0 Å². The third kappa shape index (κ3) is 8.90. The van der Waals surface area contributed by atoms with Gasteiger partial charge in [-0.25, -0.2) is 4.99 Å². The van der Waals surface area contributed by atoms with Gasteiger partial charge in [-0.2, -0.15) is 0 Å². The summed E-state index contributed by atoms with van der Waals surface area (Å²) >= 11 is 0. The minimum Gasteiger partial charge on any atom is -0.357 e. The van der Waals surface area contributed by atoms with Crippen molar-refractivity contribution in [1.82, 2.24) is 20.4 Å². The van der Waals surface area contributed by atoms with E-state index in [-0.39, 0.29) is 29.9 Å². The van der Waals surface area contributed by atoms with Gasteiger partial charge in [0.05, 0.1) is 6.54 Å². The van der Waals surface area contributed by atoms with Gasteiger partial charge in [0.2, 0.25) is 0 Å². The van der Waals surface area contributed by atoms with Gasteiger partial charge in [-0.3, -0.25) is 4.79 Å². The standard InChI is InChI=1S/C22H37N5O.HI/c1-4-23-22(24-14-17-26-15-8-7-9-16-26)25-18-19-10-12-20(13-11-19)21(28)27(5-2)6-3;/h10-13H,4-9,14-18H2,1-3H3,(H2,23,24,25);1H. The summed E-state index contributed by atoms with van der Waals surface area (Å²) in [6.45, 7) is 13.4. The largest absolute Gasteiger partial charge is 0.357 e. The van der Waals surface area contributed by atoms with Crippen molar-refractivity contribution in [1.29, 1.82) is 0 Å². The van der Waals surface area contributed by atoms with E-state index in [4.69, 9.17) is 0 Å². The van der Waals surface area contributed by atoms with Gasteiger partial charge in [0.25, 0.3) is 5.91 Å². The number of halogens is 1. The summed E-state index contributed by atoms with van der Waals surface area (Å²) in [7, 11) is 0. The highest BCUT2D eigenvalue weighted by atomic mass is 127. The van der Waals surface area contributed by atoms with Crippen LogP contribution in [-0.4, -0.2) is 67.5 Å².